The summed E-state index contributed by atoms with van der Waals surface area (Å²) in [5, 5.41) is 9.26. The van der Waals surface area contributed by atoms with Crippen LogP contribution in [0.5, 0.6) is 5.75 Å². The van der Waals surface area contributed by atoms with E-state index in [-0.39, 0.29) is 12.2 Å². The van der Waals surface area contributed by atoms with E-state index in [0.29, 0.717) is 18.6 Å². The molecule has 1 aliphatic rings. The van der Waals surface area contributed by atoms with E-state index >= 15 is 0 Å². The van der Waals surface area contributed by atoms with Crippen LogP contribution in [-0.2, 0) is 0 Å². The van der Waals surface area contributed by atoms with Gasteiger partial charge in [0.2, 0.25) is 0 Å². The maximum atomic E-state index is 12.8. The van der Waals surface area contributed by atoms with E-state index in [1.165, 1.54) is 6.07 Å². The summed E-state index contributed by atoms with van der Waals surface area (Å²) in [6, 6.07) is 3.46. The summed E-state index contributed by atoms with van der Waals surface area (Å²) >= 11 is 0. The number of aliphatic hydroxyl groups is 1. The Hall–Kier alpha value is -1.16. The number of halogens is 2. The first kappa shape index (κ1) is 10.4. The van der Waals surface area contributed by atoms with E-state index in [1.807, 2.05) is 0 Å². The molecule has 1 N–H and O–H groups in total. The van der Waals surface area contributed by atoms with Gasteiger partial charge in [-0.25, -0.2) is 8.78 Å². The van der Waals surface area contributed by atoms with Gasteiger partial charge in [0.15, 0.2) is 11.6 Å². The number of hydrogen-bond donors (Lipinski definition) is 1. The van der Waals surface area contributed by atoms with E-state index in [1.54, 1.807) is 0 Å². The molecular formula is C11H12F2O2. The third-order valence-electron chi connectivity index (χ3n) is 2.55. The molecule has 0 saturated heterocycles. The molecule has 2 atom stereocenters. The van der Waals surface area contributed by atoms with Crippen LogP contribution in [0.2, 0.25) is 0 Å². The fraction of sp³-hybridized carbons (Fsp3) is 0.455. The molecule has 1 aromatic carbocycles. The molecule has 0 radical (unpaired) electrons. The molecule has 0 bridgehead atoms. The van der Waals surface area contributed by atoms with E-state index in [2.05, 4.69) is 0 Å². The van der Waals surface area contributed by atoms with Crippen molar-refractivity contribution in [2.45, 2.75) is 31.5 Å². The van der Waals surface area contributed by atoms with Crippen LogP contribution in [0.3, 0.4) is 0 Å². The van der Waals surface area contributed by atoms with Crippen LogP contribution in [0.15, 0.2) is 18.2 Å². The number of rotatable bonds is 2. The minimum Gasteiger partial charge on any atom is -0.490 e. The van der Waals surface area contributed by atoms with Gasteiger partial charge in [-0.15, -0.1) is 0 Å². The zero-order chi connectivity index (χ0) is 10.8. The van der Waals surface area contributed by atoms with E-state index in [0.717, 1.165) is 18.6 Å². The van der Waals surface area contributed by atoms with Crippen LogP contribution < -0.4 is 4.74 Å². The van der Waals surface area contributed by atoms with Crippen LogP contribution in [0.4, 0.5) is 8.78 Å². The molecule has 2 rings (SSSR count). The Morgan fingerprint density at radius 3 is 2.60 bits per heavy atom. The first-order chi connectivity index (χ1) is 7.15. The van der Waals surface area contributed by atoms with Crippen LogP contribution in [-0.4, -0.2) is 17.3 Å². The molecule has 0 aliphatic heterocycles. The normalized spacial score (nSPS) is 25.5. The predicted octanol–water partition coefficient (Wildman–Crippen LogP) is 2.26. The Balaban J connectivity index is 2.02. The summed E-state index contributed by atoms with van der Waals surface area (Å²) < 4.78 is 30.8. The Bertz CT molecular complexity index is 354. The Morgan fingerprint density at radius 1 is 1.20 bits per heavy atom. The first-order valence-electron chi connectivity index (χ1n) is 4.95. The minimum absolute atomic E-state index is 0.0927. The lowest BCUT2D eigenvalue weighted by Crippen LogP contribution is -2.13. The molecule has 4 heteroatoms. The van der Waals surface area contributed by atoms with Gasteiger partial charge < -0.3 is 9.84 Å². The van der Waals surface area contributed by atoms with Crippen LogP contribution in [0, 0.1) is 11.6 Å². The number of hydrogen-bond acceptors (Lipinski definition) is 2. The van der Waals surface area contributed by atoms with Gasteiger partial charge in [-0.1, -0.05) is 0 Å². The fourth-order valence-corrected chi connectivity index (χ4v) is 1.77. The van der Waals surface area contributed by atoms with Gasteiger partial charge in [-0.3, -0.25) is 0 Å². The predicted molar refractivity (Wildman–Crippen MR) is 50.6 cm³/mol. The number of aliphatic hydroxyl groups excluding tert-OH is 1. The Labute approximate surface area is 86.5 Å². The molecule has 1 saturated carbocycles. The van der Waals surface area contributed by atoms with Crippen LogP contribution in [0.25, 0.3) is 0 Å². The lowest BCUT2D eigenvalue weighted by Gasteiger charge is -2.13. The molecule has 0 amide bonds. The zero-order valence-corrected chi connectivity index (χ0v) is 8.12. The van der Waals surface area contributed by atoms with Crippen LogP contribution in [0.1, 0.15) is 19.3 Å². The van der Waals surface area contributed by atoms with Crippen molar-refractivity contribution in [1.82, 2.24) is 0 Å². The van der Waals surface area contributed by atoms with Crippen molar-refractivity contribution >= 4 is 0 Å². The van der Waals surface area contributed by atoms with E-state index < -0.39 is 11.6 Å². The smallest absolute Gasteiger partial charge is 0.162 e. The largest absolute Gasteiger partial charge is 0.490 e. The highest BCUT2D eigenvalue weighted by Gasteiger charge is 2.24. The van der Waals surface area contributed by atoms with Gasteiger partial charge >= 0.3 is 0 Å². The van der Waals surface area contributed by atoms with Gasteiger partial charge in [0.1, 0.15) is 11.9 Å². The topological polar surface area (TPSA) is 29.5 Å². The molecule has 0 aromatic heterocycles. The maximum absolute atomic E-state index is 12.8. The minimum atomic E-state index is -0.911. The third kappa shape index (κ3) is 2.45. The SMILES string of the molecule is OC1CCC(Oc2ccc(F)c(F)c2)C1. The van der Waals surface area contributed by atoms with Gasteiger partial charge in [0, 0.05) is 12.5 Å². The monoisotopic (exact) mass is 214 g/mol. The second-order valence-electron chi connectivity index (χ2n) is 3.78. The van der Waals surface area contributed by atoms with Crippen molar-refractivity contribution in [3.8, 4) is 5.75 Å². The average molecular weight is 214 g/mol. The molecule has 2 nitrogen and oxygen atoms in total. The van der Waals surface area contributed by atoms with Crippen molar-refractivity contribution < 1.29 is 18.6 Å². The summed E-state index contributed by atoms with van der Waals surface area (Å²) in [7, 11) is 0. The third-order valence-corrected chi connectivity index (χ3v) is 2.55. The van der Waals surface area contributed by atoms with Gasteiger partial charge in [0.25, 0.3) is 0 Å². The zero-order valence-electron chi connectivity index (χ0n) is 8.12. The van der Waals surface area contributed by atoms with Gasteiger partial charge in [-0.2, -0.15) is 0 Å². The van der Waals surface area contributed by atoms with Crippen molar-refractivity contribution in [2.75, 3.05) is 0 Å². The summed E-state index contributed by atoms with van der Waals surface area (Å²) in [5.74, 6) is -1.48. The lowest BCUT2D eigenvalue weighted by atomic mass is 10.3. The highest BCUT2D eigenvalue weighted by Crippen LogP contribution is 2.25. The lowest BCUT2D eigenvalue weighted by molar-refractivity contribution is 0.149. The van der Waals surface area contributed by atoms with Gasteiger partial charge in [-0.05, 0) is 25.0 Å². The Morgan fingerprint density at radius 2 is 2.00 bits per heavy atom. The molecule has 2 unspecified atom stereocenters. The molecule has 82 valence electrons. The summed E-state index contributed by atoms with van der Waals surface area (Å²) in [6.45, 7) is 0. The molecule has 0 heterocycles. The second-order valence-corrected chi connectivity index (χ2v) is 3.78. The average Bonchev–Trinajstić information content (AvgIpc) is 2.58. The second kappa shape index (κ2) is 4.14. The molecule has 0 spiro atoms. The van der Waals surface area contributed by atoms with Crippen molar-refractivity contribution in [3.05, 3.63) is 29.8 Å². The molecular weight excluding hydrogens is 202 g/mol. The molecule has 1 fully saturated rings. The van der Waals surface area contributed by atoms with E-state index in [4.69, 9.17) is 4.74 Å². The molecule has 1 aromatic rings. The summed E-state index contributed by atoms with van der Waals surface area (Å²) in [6.07, 6.45) is 1.58. The van der Waals surface area contributed by atoms with Crippen molar-refractivity contribution in [1.29, 1.82) is 0 Å². The summed E-state index contributed by atoms with van der Waals surface area (Å²) in [4.78, 5) is 0. The number of benzene rings is 1. The number of ether oxygens (including phenoxy) is 1. The van der Waals surface area contributed by atoms with E-state index in [9.17, 15) is 13.9 Å². The maximum Gasteiger partial charge on any atom is 0.162 e. The highest BCUT2D eigenvalue weighted by atomic mass is 19.2. The van der Waals surface area contributed by atoms with Crippen molar-refractivity contribution in [2.24, 2.45) is 0 Å². The van der Waals surface area contributed by atoms with Crippen molar-refractivity contribution in [3.63, 3.8) is 0 Å². The van der Waals surface area contributed by atoms with Gasteiger partial charge in [0.05, 0.1) is 6.10 Å². The summed E-state index contributed by atoms with van der Waals surface area (Å²) in [5.41, 5.74) is 0. The van der Waals surface area contributed by atoms with Crippen LogP contribution >= 0.6 is 0 Å². The first-order valence-corrected chi connectivity index (χ1v) is 4.95. The Kier molecular flexibility index (Phi) is 2.86. The standard InChI is InChI=1S/C11H12F2O2/c12-10-4-3-9(6-11(10)13)15-8-2-1-7(14)5-8/h3-4,6-8,14H,1-2,5H2. The fourth-order valence-electron chi connectivity index (χ4n) is 1.77. The highest BCUT2D eigenvalue weighted by molar-refractivity contribution is 5.24. The molecule has 15 heavy (non-hydrogen) atoms. The quantitative estimate of drug-likeness (QED) is 0.818. The molecule has 1 aliphatic carbocycles.